The Bertz CT molecular complexity index is 376. The number of ether oxygens (including phenoxy) is 1. The summed E-state index contributed by atoms with van der Waals surface area (Å²) in [6.45, 7) is 3.94. The predicted molar refractivity (Wildman–Crippen MR) is 62.2 cm³/mol. The average Bonchev–Trinajstić information content (AvgIpc) is 2.62. The van der Waals surface area contributed by atoms with Crippen LogP contribution in [-0.4, -0.2) is 13.2 Å². The van der Waals surface area contributed by atoms with Crippen molar-refractivity contribution in [3.05, 3.63) is 27.4 Å². The Morgan fingerprint density at radius 1 is 1.56 bits per heavy atom. The van der Waals surface area contributed by atoms with E-state index in [1.165, 1.54) is 10.4 Å². The molecular formula is C11H13ClNOSW-. The summed E-state index contributed by atoms with van der Waals surface area (Å²) in [6, 6.07) is 2.11. The van der Waals surface area contributed by atoms with Crippen LogP contribution in [0, 0.1) is 6.54 Å². The van der Waals surface area contributed by atoms with Crippen molar-refractivity contribution in [2.75, 3.05) is 13.2 Å². The predicted octanol–water partition coefficient (Wildman–Crippen LogP) is 2.71. The summed E-state index contributed by atoms with van der Waals surface area (Å²) in [4.78, 5) is 1.36. The van der Waals surface area contributed by atoms with E-state index in [1.807, 2.05) is 0 Å². The van der Waals surface area contributed by atoms with Crippen LogP contribution in [-0.2, 0) is 37.8 Å². The maximum atomic E-state index is 6.09. The zero-order chi connectivity index (χ0) is 10.3. The number of nitrogens with one attached hydrogen (secondary N) is 1. The zero-order valence-corrected chi connectivity index (χ0v) is 13.3. The molecule has 1 unspecified atom stereocenters. The molecule has 1 N–H and O–H groups in total. The zero-order valence-electron chi connectivity index (χ0n) is 8.79. The fourth-order valence-electron chi connectivity index (χ4n) is 2.44. The molecule has 88 valence electrons. The number of piperidine rings is 1. The van der Waals surface area contributed by atoms with Crippen molar-refractivity contribution >= 4 is 22.9 Å². The van der Waals surface area contributed by atoms with E-state index < -0.39 is 0 Å². The third-order valence-electron chi connectivity index (χ3n) is 3.19. The molecule has 1 aromatic heterocycles. The smallest absolute Gasteiger partial charge is 0.0935 e. The number of thiophene rings is 1. The molecule has 1 spiro atoms. The maximum absolute atomic E-state index is 6.09. The van der Waals surface area contributed by atoms with E-state index in [-0.39, 0.29) is 26.7 Å². The average molecular weight is 427 g/mol. The van der Waals surface area contributed by atoms with Crippen LogP contribution in [0.2, 0.25) is 4.34 Å². The van der Waals surface area contributed by atoms with E-state index in [9.17, 15) is 0 Å². The van der Waals surface area contributed by atoms with Gasteiger partial charge in [-0.2, -0.15) is 0 Å². The molecule has 16 heavy (non-hydrogen) atoms. The van der Waals surface area contributed by atoms with Crippen LogP contribution in [0.1, 0.15) is 23.3 Å². The summed E-state index contributed by atoms with van der Waals surface area (Å²) >= 11 is 7.78. The standard InChI is InChI=1S/C11H13ClNOS.W/c12-9-7-8-1-6-14-11(10(8)15-9)2-4-13-5-3-11;/h4,7,13H,1-3,5-6H2;/q-1;. The molecule has 2 aliphatic rings. The molecular weight excluding hydrogens is 413 g/mol. The summed E-state index contributed by atoms with van der Waals surface area (Å²) < 4.78 is 6.92. The Balaban J connectivity index is 0.000000963. The van der Waals surface area contributed by atoms with Crippen molar-refractivity contribution < 1.29 is 25.8 Å². The first kappa shape index (κ1) is 13.0. The van der Waals surface area contributed by atoms with Crippen LogP contribution < -0.4 is 5.32 Å². The Labute approximate surface area is 119 Å². The SMILES string of the molecule is Clc1cc2c(s1)C1(C[CH-]NCC1)OCC2.[W]. The second-order valence-corrected chi connectivity index (χ2v) is 5.79. The Kier molecular flexibility index (Phi) is 4.13. The van der Waals surface area contributed by atoms with Gasteiger partial charge in [0.05, 0.1) is 16.5 Å². The van der Waals surface area contributed by atoms with Crippen molar-refractivity contribution in [1.82, 2.24) is 5.32 Å². The summed E-state index contributed by atoms with van der Waals surface area (Å²) in [5.74, 6) is 0. The van der Waals surface area contributed by atoms with Crippen LogP contribution >= 0.6 is 22.9 Å². The van der Waals surface area contributed by atoms with Gasteiger partial charge in [-0.1, -0.05) is 11.6 Å². The van der Waals surface area contributed by atoms with Crippen molar-refractivity contribution in [2.45, 2.75) is 24.9 Å². The van der Waals surface area contributed by atoms with Crippen molar-refractivity contribution in [3.63, 3.8) is 0 Å². The topological polar surface area (TPSA) is 21.3 Å². The first-order valence-corrected chi connectivity index (χ1v) is 6.47. The van der Waals surface area contributed by atoms with E-state index >= 15 is 0 Å². The maximum Gasteiger partial charge on any atom is 0.0935 e. The number of fused-ring (bicyclic) bond motifs is 2. The van der Waals surface area contributed by atoms with E-state index in [1.54, 1.807) is 11.3 Å². The summed E-state index contributed by atoms with van der Waals surface area (Å²) in [5.41, 5.74) is 1.32. The second-order valence-electron chi connectivity index (χ2n) is 4.11. The number of hydrogen-bond donors (Lipinski definition) is 1. The van der Waals surface area contributed by atoms with E-state index in [0.29, 0.717) is 0 Å². The van der Waals surface area contributed by atoms with Crippen LogP contribution in [0.25, 0.3) is 0 Å². The number of halogens is 1. The van der Waals surface area contributed by atoms with Gasteiger partial charge in [-0.15, -0.1) is 17.8 Å². The van der Waals surface area contributed by atoms with Gasteiger partial charge in [0.1, 0.15) is 0 Å². The Morgan fingerprint density at radius 2 is 2.44 bits per heavy atom. The normalized spacial score (nSPS) is 28.6. The Hall–Kier alpha value is 0.598. The van der Waals surface area contributed by atoms with Crippen LogP contribution in [0.4, 0.5) is 0 Å². The van der Waals surface area contributed by atoms with Gasteiger partial charge in [-0.05, 0) is 31.0 Å². The number of hydrogen-bond acceptors (Lipinski definition) is 3. The first-order valence-electron chi connectivity index (χ1n) is 5.28. The van der Waals surface area contributed by atoms with Crippen molar-refractivity contribution in [2.24, 2.45) is 0 Å². The molecule has 1 aromatic rings. The first-order chi connectivity index (χ1) is 7.30. The van der Waals surface area contributed by atoms with Gasteiger partial charge >= 0.3 is 0 Å². The van der Waals surface area contributed by atoms with Gasteiger partial charge in [-0.3, -0.25) is 6.54 Å². The molecule has 2 aliphatic heterocycles. The molecule has 1 fully saturated rings. The van der Waals surface area contributed by atoms with Gasteiger partial charge in [0.15, 0.2) is 0 Å². The fourth-order valence-corrected chi connectivity index (χ4v) is 3.92. The molecule has 0 amide bonds. The third-order valence-corrected chi connectivity index (χ3v) is 4.68. The molecule has 3 rings (SSSR count). The fraction of sp³-hybridized carbons (Fsp3) is 0.545. The summed E-state index contributed by atoms with van der Waals surface area (Å²) in [5, 5.41) is 3.26. The molecule has 0 aliphatic carbocycles. The Morgan fingerprint density at radius 3 is 3.19 bits per heavy atom. The van der Waals surface area contributed by atoms with Gasteiger partial charge in [0.25, 0.3) is 0 Å². The quantitative estimate of drug-likeness (QED) is 0.644. The van der Waals surface area contributed by atoms with Crippen LogP contribution in [0.15, 0.2) is 6.07 Å². The van der Waals surface area contributed by atoms with Crippen molar-refractivity contribution in [3.8, 4) is 0 Å². The van der Waals surface area contributed by atoms with E-state index in [0.717, 1.165) is 36.8 Å². The van der Waals surface area contributed by atoms with Gasteiger partial charge in [0.2, 0.25) is 0 Å². The molecule has 1 atom stereocenters. The van der Waals surface area contributed by atoms with E-state index in [4.69, 9.17) is 16.3 Å². The molecule has 5 heteroatoms. The minimum atomic E-state index is -0.0728. The second kappa shape index (κ2) is 5.07. The monoisotopic (exact) mass is 426 g/mol. The molecule has 3 heterocycles. The molecule has 0 saturated carbocycles. The minimum absolute atomic E-state index is 0. The van der Waals surface area contributed by atoms with Crippen LogP contribution in [0.3, 0.4) is 0 Å². The van der Waals surface area contributed by atoms with Gasteiger partial charge in [0, 0.05) is 25.9 Å². The molecule has 0 bridgehead atoms. The molecule has 2 nitrogen and oxygen atoms in total. The number of rotatable bonds is 0. The van der Waals surface area contributed by atoms with E-state index in [2.05, 4.69) is 17.9 Å². The van der Waals surface area contributed by atoms with Gasteiger partial charge in [-0.25, -0.2) is 0 Å². The molecule has 0 aromatic carbocycles. The van der Waals surface area contributed by atoms with Gasteiger partial charge < -0.3 is 10.1 Å². The minimum Gasteiger partial charge on any atom is -0.470 e. The largest absolute Gasteiger partial charge is 0.470 e. The van der Waals surface area contributed by atoms with Crippen molar-refractivity contribution in [1.29, 1.82) is 0 Å². The molecule has 0 radical (unpaired) electrons. The third kappa shape index (κ3) is 2.13. The summed E-state index contributed by atoms with van der Waals surface area (Å²) in [6.07, 6.45) is 3.01. The van der Waals surface area contributed by atoms with Crippen LogP contribution in [0.5, 0.6) is 0 Å². The summed E-state index contributed by atoms with van der Waals surface area (Å²) in [7, 11) is 0. The molecule has 1 saturated heterocycles.